The van der Waals surface area contributed by atoms with Gasteiger partial charge < -0.3 is 4.74 Å². The van der Waals surface area contributed by atoms with Gasteiger partial charge in [-0.25, -0.2) is 0 Å². The van der Waals surface area contributed by atoms with Crippen LogP contribution in [0.25, 0.3) is 0 Å². The molecule has 0 aliphatic carbocycles. The number of pyridine rings is 1. The summed E-state index contributed by atoms with van der Waals surface area (Å²) in [5.41, 5.74) is 2.98. The fourth-order valence-electron chi connectivity index (χ4n) is 1.92. The quantitative estimate of drug-likeness (QED) is 0.767. The third-order valence-corrected chi connectivity index (χ3v) is 2.89. The average molecular weight is 254 g/mol. The van der Waals surface area contributed by atoms with Crippen LogP contribution in [0.3, 0.4) is 0 Å². The summed E-state index contributed by atoms with van der Waals surface area (Å²) in [6, 6.07) is 16.0. The molecule has 0 radical (unpaired) electrons. The summed E-state index contributed by atoms with van der Waals surface area (Å²) in [5, 5.41) is 0. The maximum Gasteiger partial charge on any atom is 0.0986 e. The monoisotopic (exact) mass is 254 g/mol. The number of hydrogen-bond donors (Lipinski definition) is 0. The Morgan fingerprint density at radius 2 is 1.89 bits per heavy atom. The summed E-state index contributed by atoms with van der Waals surface area (Å²) in [4.78, 5) is 9.05. The number of ether oxygens (including phenoxy) is 1. The van der Waals surface area contributed by atoms with Crippen LogP contribution in [0.4, 0.5) is 0 Å². The number of nitrogens with zero attached hydrogens (tertiary/aromatic N) is 2. The van der Waals surface area contributed by atoms with Crippen molar-refractivity contribution in [3.05, 3.63) is 66.0 Å². The van der Waals surface area contributed by atoms with Crippen molar-refractivity contribution in [1.29, 1.82) is 0 Å². The van der Waals surface area contributed by atoms with Gasteiger partial charge in [-0.2, -0.15) is 0 Å². The number of methoxy groups -OCH3 is 1. The van der Waals surface area contributed by atoms with Crippen molar-refractivity contribution in [2.75, 3.05) is 13.7 Å². The van der Waals surface area contributed by atoms with Crippen molar-refractivity contribution in [3.8, 4) is 0 Å². The number of aliphatic imine (C=N–C) groups is 1. The number of rotatable bonds is 5. The minimum absolute atomic E-state index is 0.00760. The molecular weight excluding hydrogens is 236 g/mol. The summed E-state index contributed by atoms with van der Waals surface area (Å²) >= 11 is 0. The SMILES string of the molecule is COC[C@@H](N=C(C)c1ccccn1)c1ccccc1. The molecule has 2 aromatic rings. The van der Waals surface area contributed by atoms with Crippen LogP contribution in [0, 0.1) is 0 Å². The van der Waals surface area contributed by atoms with Crippen molar-refractivity contribution in [1.82, 2.24) is 4.98 Å². The van der Waals surface area contributed by atoms with E-state index in [9.17, 15) is 0 Å². The van der Waals surface area contributed by atoms with E-state index >= 15 is 0 Å². The zero-order valence-electron chi connectivity index (χ0n) is 11.3. The van der Waals surface area contributed by atoms with Gasteiger partial charge in [0.2, 0.25) is 0 Å². The Balaban J connectivity index is 2.26. The second-order valence-corrected chi connectivity index (χ2v) is 4.31. The lowest BCUT2D eigenvalue weighted by Gasteiger charge is -2.13. The van der Waals surface area contributed by atoms with Crippen molar-refractivity contribution in [3.63, 3.8) is 0 Å². The van der Waals surface area contributed by atoms with Gasteiger partial charge in [0.1, 0.15) is 0 Å². The number of hydrogen-bond acceptors (Lipinski definition) is 3. The van der Waals surface area contributed by atoms with Gasteiger partial charge in [0, 0.05) is 13.3 Å². The zero-order chi connectivity index (χ0) is 13.5. The van der Waals surface area contributed by atoms with Gasteiger partial charge in [0.25, 0.3) is 0 Å². The van der Waals surface area contributed by atoms with Gasteiger partial charge in [0.15, 0.2) is 0 Å². The fourth-order valence-corrected chi connectivity index (χ4v) is 1.92. The molecule has 0 spiro atoms. The first kappa shape index (κ1) is 13.4. The summed E-state index contributed by atoms with van der Waals surface area (Å²) in [5.74, 6) is 0. The molecule has 3 nitrogen and oxygen atoms in total. The summed E-state index contributed by atoms with van der Waals surface area (Å²) in [6.45, 7) is 2.54. The Bertz CT molecular complexity index is 523. The van der Waals surface area contributed by atoms with Gasteiger partial charge in [-0.05, 0) is 24.6 Å². The Labute approximate surface area is 114 Å². The van der Waals surface area contributed by atoms with Crippen LogP contribution >= 0.6 is 0 Å². The highest BCUT2D eigenvalue weighted by atomic mass is 16.5. The van der Waals surface area contributed by atoms with E-state index in [-0.39, 0.29) is 6.04 Å². The topological polar surface area (TPSA) is 34.5 Å². The maximum absolute atomic E-state index is 5.27. The summed E-state index contributed by atoms with van der Waals surface area (Å²) < 4.78 is 5.27. The summed E-state index contributed by atoms with van der Waals surface area (Å²) in [6.07, 6.45) is 1.78. The van der Waals surface area contributed by atoms with Crippen LogP contribution < -0.4 is 0 Å². The van der Waals surface area contributed by atoms with Gasteiger partial charge >= 0.3 is 0 Å². The van der Waals surface area contributed by atoms with E-state index in [0.29, 0.717) is 6.61 Å². The van der Waals surface area contributed by atoms with E-state index in [0.717, 1.165) is 17.0 Å². The van der Waals surface area contributed by atoms with Crippen molar-refractivity contribution < 1.29 is 4.74 Å². The van der Waals surface area contributed by atoms with E-state index < -0.39 is 0 Å². The lowest BCUT2D eigenvalue weighted by atomic mass is 10.1. The molecule has 0 aliphatic rings. The molecule has 0 fully saturated rings. The molecule has 1 aromatic heterocycles. The molecule has 19 heavy (non-hydrogen) atoms. The molecule has 1 atom stereocenters. The second kappa shape index (κ2) is 6.81. The molecule has 98 valence electrons. The summed E-state index contributed by atoms with van der Waals surface area (Å²) in [7, 11) is 1.70. The normalized spacial score (nSPS) is 13.3. The number of benzene rings is 1. The number of aromatic nitrogens is 1. The molecule has 0 saturated carbocycles. The first-order valence-corrected chi connectivity index (χ1v) is 6.31. The smallest absolute Gasteiger partial charge is 0.0986 e. The molecule has 0 saturated heterocycles. The molecule has 0 unspecified atom stereocenters. The Morgan fingerprint density at radius 1 is 1.16 bits per heavy atom. The molecule has 0 aliphatic heterocycles. The van der Waals surface area contributed by atoms with E-state index in [1.807, 2.05) is 43.3 Å². The van der Waals surface area contributed by atoms with E-state index in [2.05, 4.69) is 17.1 Å². The van der Waals surface area contributed by atoms with E-state index in [1.54, 1.807) is 13.3 Å². The van der Waals surface area contributed by atoms with Crippen molar-refractivity contribution in [2.45, 2.75) is 13.0 Å². The van der Waals surface area contributed by atoms with Gasteiger partial charge in [-0.3, -0.25) is 9.98 Å². The predicted molar refractivity (Wildman–Crippen MR) is 77.5 cm³/mol. The largest absolute Gasteiger partial charge is 0.382 e. The molecule has 0 amide bonds. The molecule has 3 heteroatoms. The standard InChI is InChI=1S/C16H18N2O/c1-13(15-10-6-7-11-17-15)18-16(12-19-2)14-8-4-3-5-9-14/h3-11,16H,12H2,1-2H3/t16-/m1/s1. The third-order valence-electron chi connectivity index (χ3n) is 2.89. The first-order valence-electron chi connectivity index (χ1n) is 6.31. The Morgan fingerprint density at radius 3 is 2.53 bits per heavy atom. The van der Waals surface area contributed by atoms with Crippen molar-refractivity contribution >= 4 is 5.71 Å². The van der Waals surface area contributed by atoms with E-state index in [1.165, 1.54) is 0 Å². The highest BCUT2D eigenvalue weighted by Crippen LogP contribution is 2.18. The van der Waals surface area contributed by atoms with Crippen LogP contribution in [0.2, 0.25) is 0 Å². The minimum Gasteiger partial charge on any atom is -0.382 e. The lowest BCUT2D eigenvalue weighted by Crippen LogP contribution is -2.08. The minimum atomic E-state index is 0.00760. The molecule has 1 heterocycles. The lowest BCUT2D eigenvalue weighted by molar-refractivity contribution is 0.181. The average Bonchev–Trinajstić information content (AvgIpc) is 2.48. The van der Waals surface area contributed by atoms with Crippen LogP contribution in [0.1, 0.15) is 24.2 Å². The molecule has 1 aromatic carbocycles. The molecule has 2 rings (SSSR count). The first-order chi connectivity index (χ1) is 9.31. The fraction of sp³-hybridized carbons (Fsp3) is 0.250. The third kappa shape index (κ3) is 3.73. The van der Waals surface area contributed by atoms with Gasteiger partial charge in [-0.15, -0.1) is 0 Å². The molecular formula is C16H18N2O. The van der Waals surface area contributed by atoms with Gasteiger partial charge in [-0.1, -0.05) is 36.4 Å². The predicted octanol–water partition coefficient (Wildman–Crippen LogP) is 3.28. The van der Waals surface area contributed by atoms with Crippen LogP contribution in [0.5, 0.6) is 0 Å². The van der Waals surface area contributed by atoms with E-state index in [4.69, 9.17) is 9.73 Å². The Kier molecular flexibility index (Phi) is 4.81. The zero-order valence-corrected chi connectivity index (χ0v) is 11.3. The van der Waals surface area contributed by atoms with Crippen LogP contribution in [0.15, 0.2) is 59.7 Å². The maximum atomic E-state index is 5.27. The van der Waals surface area contributed by atoms with Crippen molar-refractivity contribution in [2.24, 2.45) is 4.99 Å². The van der Waals surface area contributed by atoms with Gasteiger partial charge in [0.05, 0.1) is 24.1 Å². The second-order valence-electron chi connectivity index (χ2n) is 4.31. The van der Waals surface area contributed by atoms with Crippen LogP contribution in [-0.2, 0) is 4.74 Å². The molecule has 0 bridgehead atoms. The highest BCUT2D eigenvalue weighted by Gasteiger charge is 2.10. The highest BCUT2D eigenvalue weighted by molar-refractivity contribution is 5.97. The Hall–Kier alpha value is -2.00. The molecule has 0 N–H and O–H groups in total. The van der Waals surface area contributed by atoms with Crippen LogP contribution in [-0.4, -0.2) is 24.4 Å².